The van der Waals surface area contributed by atoms with Crippen LogP contribution in [0.15, 0.2) is 17.0 Å². The van der Waals surface area contributed by atoms with Crippen LogP contribution in [0.5, 0.6) is 0 Å². The Morgan fingerprint density at radius 3 is 2.38 bits per heavy atom. The molecule has 0 fully saturated rings. The van der Waals surface area contributed by atoms with Crippen LogP contribution < -0.4 is 11.1 Å². The molecular weight excluding hydrogens is 330 g/mol. The van der Waals surface area contributed by atoms with Gasteiger partial charge in [-0.05, 0) is 37.1 Å². The molecule has 0 aliphatic heterocycles. The van der Waals surface area contributed by atoms with Gasteiger partial charge in [0.15, 0.2) is 0 Å². The lowest BCUT2D eigenvalue weighted by molar-refractivity contribution is -0.118. The first-order chi connectivity index (χ1) is 11.2. The van der Waals surface area contributed by atoms with Gasteiger partial charge in [-0.1, -0.05) is 13.8 Å². The van der Waals surface area contributed by atoms with E-state index in [1.165, 1.54) is 17.5 Å². The number of rotatable bonds is 8. The molecule has 1 rings (SSSR count). The van der Waals surface area contributed by atoms with Gasteiger partial charge < -0.3 is 15.8 Å². The molecule has 1 aromatic carbocycles. The number of nitrogens with one attached hydrogen (secondary N) is 1. The summed E-state index contributed by atoms with van der Waals surface area (Å²) < 4.78 is 31.6. The molecule has 0 radical (unpaired) electrons. The molecule has 24 heavy (non-hydrogen) atoms. The molecule has 0 spiro atoms. The van der Waals surface area contributed by atoms with Crippen LogP contribution in [-0.4, -0.2) is 51.5 Å². The van der Waals surface area contributed by atoms with Crippen LogP contribution in [0.1, 0.15) is 25.0 Å². The molecule has 1 atom stereocenters. The van der Waals surface area contributed by atoms with Gasteiger partial charge in [0.05, 0.1) is 11.5 Å². The Morgan fingerprint density at radius 1 is 1.29 bits per heavy atom. The van der Waals surface area contributed by atoms with E-state index in [0.29, 0.717) is 18.8 Å². The third kappa shape index (κ3) is 4.54. The first-order valence-electron chi connectivity index (χ1n) is 7.85. The molecule has 0 saturated carbocycles. The topological polar surface area (TPSA) is 102 Å². The highest BCUT2D eigenvalue weighted by Gasteiger charge is 2.24. The van der Waals surface area contributed by atoms with Gasteiger partial charge in [-0.15, -0.1) is 0 Å². The van der Waals surface area contributed by atoms with Crippen molar-refractivity contribution in [3.8, 4) is 0 Å². The molecule has 0 aliphatic rings. The largest absolute Gasteiger partial charge is 0.383 e. The Kier molecular flexibility index (Phi) is 7.34. The molecule has 0 bridgehead atoms. The molecule has 8 heteroatoms. The first-order valence-corrected chi connectivity index (χ1v) is 9.29. The Bertz CT molecular complexity index is 685. The van der Waals surface area contributed by atoms with Crippen molar-refractivity contribution in [2.75, 3.05) is 32.1 Å². The number of carbonyl (C=O) groups excluding carboxylic acids is 1. The molecule has 1 amide bonds. The minimum Gasteiger partial charge on any atom is -0.383 e. The van der Waals surface area contributed by atoms with Gasteiger partial charge in [-0.2, -0.15) is 4.31 Å². The minimum atomic E-state index is -3.60. The van der Waals surface area contributed by atoms with E-state index in [-0.39, 0.29) is 11.5 Å². The second kappa shape index (κ2) is 8.57. The maximum Gasteiger partial charge on any atom is 0.243 e. The number of ether oxygens (including phenoxy) is 1. The van der Waals surface area contributed by atoms with Gasteiger partial charge in [0.1, 0.15) is 6.04 Å². The van der Waals surface area contributed by atoms with E-state index in [1.807, 2.05) is 6.92 Å². The molecule has 0 saturated heterocycles. The lowest BCUT2D eigenvalue weighted by Crippen LogP contribution is -2.39. The summed E-state index contributed by atoms with van der Waals surface area (Å²) in [7, 11) is -2.14. The van der Waals surface area contributed by atoms with Crippen LogP contribution in [-0.2, 0) is 19.6 Å². The summed E-state index contributed by atoms with van der Waals surface area (Å²) in [6.45, 7) is 8.05. The molecule has 3 N–H and O–H groups in total. The highest BCUT2D eigenvalue weighted by molar-refractivity contribution is 7.89. The molecule has 0 aromatic heterocycles. The predicted molar refractivity (Wildman–Crippen MR) is 94.5 cm³/mol. The van der Waals surface area contributed by atoms with Crippen molar-refractivity contribution in [3.63, 3.8) is 0 Å². The lowest BCUT2D eigenvalue weighted by Gasteiger charge is -2.21. The van der Waals surface area contributed by atoms with Gasteiger partial charge in [-0.25, -0.2) is 8.42 Å². The summed E-state index contributed by atoms with van der Waals surface area (Å²) in [6.07, 6.45) is 0. The molecule has 0 aliphatic carbocycles. The van der Waals surface area contributed by atoms with Gasteiger partial charge in [0, 0.05) is 25.9 Å². The fourth-order valence-electron chi connectivity index (χ4n) is 2.30. The summed E-state index contributed by atoms with van der Waals surface area (Å²) in [5.74, 6) is -0.420. The van der Waals surface area contributed by atoms with Gasteiger partial charge in [0.2, 0.25) is 15.9 Å². The smallest absolute Gasteiger partial charge is 0.243 e. The standard InChI is InChI=1S/C16H27N3O4S/c1-6-19(7-2)24(21,22)13-8-11(3)12(4)15(9-13)18-16(20)14(17)10-23-5/h8-9,14H,6-7,10,17H2,1-5H3,(H,18,20). The van der Waals surface area contributed by atoms with E-state index in [1.54, 1.807) is 26.8 Å². The Morgan fingerprint density at radius 2 is 1.88 bits per heavy atom. The number of anilines is 1. The molecule has 0 heterocycles. The number of amides is 1. The van der Waals surface area contributed by atoms with Crippen LogP contribution in [0.4, 0.5) is 5.69 Å². The van der Waals surface area contributed by atoms with Crippen LogP contribution in [0.2, 0.25) is 0 Å². The lowest BCUT2D eigenvalue weighted by atomic mass is 10.1. The van der Waals surface area contributed by atoms with Crippen molar-refractivity contribution < 1.29 is 17.9 Å². The Hall–Kier alpha value is -1.48. The second-order valence-electron chi connectivity index (χ2n) is 5.55. The zero-order chi connectivity index (χ0) is 18.5. The number of hydrogen-bond acceptors (Lipinski definition) is 5. The first kappa shape index (κ1) is 20.6. The SMILES string of the molecule is CCN(CC)S(=O)(=O)c1cc(C)c(C)c(NC(=O)C(N)COC)c1. The Labute approximate surface area is 144 Å². The molecule has 1 aromatic rings. The van der Waals surface area contributed by atoms with Gasteiger partial charge in [-0.3, -0.25) is 4.79 Å². The van der Waals surface area contributed by atoms with E-state index < -0.39 is 22.0 Å². The van der Waals surface area contributed by atoms with E-state index in [0.717, 1.165) is 11.1 Å². The number of benzene rings is 1. The van der Waals surface area contributed by atoms with Crippen LogP contribution in [0, 0.1) is 13.8 Å². The van der Waals surface area contributed by atoms with E-state index >= 15 is 0 Å². The average Bonchev–Trinajstić information content (AvgIpc) is 2.52. The van der Waals surface area contributed by atoms with Crippen LogP contribution in [0.3, 0.4) is 0 Å². The van der Waals surface area contributed by atoms with Crippen molar-refractivity contribution in [3.05, 3.63) is 23.3 Å². The third-order valence-electron chi connectivity index (χ3n) is 3.92. The van der Waals surface area contributed by atoms with Crippen molar-refractivity contribution in [2.24, 2.45) is 5.73 Å². The van der Waals surface area contributed by atoms with Crippen LogP contribution in [0.25, 0.3) is 0 Å². The zero-order valence-corrected chi connectivity index (χ0v) is 15.7. The number of sulfonamides is 1. The summed E-state index contributed by atoms with van der Waals surface area (Å²) >= 11 is 0. The summed E-state index contributed by atoms with van der Waals surface area (Å²) in [5.41, 5.74) is 7.73. The number of methoxy groups -OCH3 is 1. The number of nitrogens with two attached hydrogens (primary N) is 1. The Balaban J connectivity index is 3.25. The van der Waals surface area contributed by atoms with Crippen molar-refractivity contribution in [2.45, 2.75) is 38.6 Å². The maximum atomic E-state index is 12.7. The van der Waals surface area contributed by atoms with Gasteiger partial charge >= 0.3 is 0 Å². The third-order valence-corrected chi connectivity index (χ3v) is 5.95. The number of carbonyl (C=O) groups is 1. The summed E-state index contributed by atoms with van der Waals surface area (Å²) in [4.78, 5) is 12.3. The fraction of sp³-hybridized carbons (Fsp3) is 0.562. The molecule has 136 valence electrons. The van der Waals surface area contributed by atoms with Gasteiger partial charge in [0.25, 0.3) is 0 Å². The molecule has 7 nitrogen and oxygen atoms in total. The van der Waals surface area contributed by atoms with Crippen LogP contribution >= 0.6 is 0 Å². The normalized spacial score (nSPS) is 13.1. The maximum absolute atomic E-state index is 12.7. The number of nitrogens with zero attached hydrogens (tertiary/aromatic N) is 1. The minimum absolute atomic E-state index is 0.0846. The molecular formula is C16H27N3O4S. The van der Waals surface area contributed by atoms with Crippen molar-refractivity contribution in [1.29, 1.82) is 0 Å². The van der Waals surface area contributed by atoms with Crippen molar-refractivity contribution in [1.82, 2.24) is 4.31 Å². The summed E-state index contributed by atoms with van der Waals surface area (Å²) in [5, 5.41) is 2.70. The monoisotopic (exact) mass is 357 g/mol. The number of hydrogen-bond donors (Lipinski definition) is 2. The van der Waals surface area contributed by atoms with E-state index in [9.17, 15) is 13.2 Å². The predicted octanol–water partition coefficient (Wildman–Crippen LogP) is 1.25. The highest BCUT2D eigenvalue weighted by atomic mass is 32.2. The fourth-order valence-corrected chi connectivity index (χ4v) is 3.87. The second-order valence-corrected chi connectivity index (χ2v) is 7.49. The number of aryl methyl sites for hydroxylation is 1. The van der Waals surface area contributed by atoms with E-state index in [4.69, 9.17) is 10.5 Å². The molecule has 1 unspecified atom stereocenters. The van der Waals surface area contributed by atoms with E-state index in [2.05, 4.69) is 5.32 Å². The average molecular weight is 357 g/mol. The summed E-state index contributed by atoms with van der Waals surface area (Å²) in [6, 6.07) is 2.28. The highest BCUT2D eigenvalue weighted by Crippen LogP contribution is 2.26. The quantitative estimate of drug-likeness (QED) is 0.729. The zero-order valence-electron chi connectivity index (χ0n) is 14.9. The van der Waals surface area contributed by atoms with Crippen molar-refractivity contribution >= 4 is 21.6 Å².